The van der Waals surface area contributed by atoms with E-state index in [1.165, 1.54) is 30.5 Å². The van der Waals surface area contributed by atoms with Crippen LogP contribution in [0.2, 0.25) is 0 Å². The molecule has 0 radical (unpaired) electrons. The molecule has 0 saturated carbocycles. The highest BCUT2D eigenvalue weighted by atomic mass is 19.4. The molecule has 0 spiro atoms. The van der Waals surface area contributed by atoms with E-state index in [2.05, 4.69) is 15.5 Å². The number of aromatic amines is 1. The Morgan fingerprint density at radius 1 is 0.935 bits per heavy atom. The minimum absolute atomic E-state index is 0.166. The minimum atomic E-state index is -4.25. The quantitative estimate of drug-likeness (QED) is 0.315. The first-order valence-corrected chi connectivity index (χ1v) is 9.56. The number of carbonyl (C=O) groups is 1. The number of rotatable bonds is 5. The van der Waals surface area contributed by atoms with Crippen molar-refractivity contribution in [3.8, 4) is 11.1 Å². The number of hydrogen-bond acceptors (Lipinski definition) is 2. The van der Waals surface area contributed by atoms with Gasteiger partial charge in [0.25, 0.3) is 5.91 Å². The van der Waals surface area contributed by atoms with Crippen LogP contribution in [0.1, 0.15) is 21.6 Å². The highest BCUT2D eigenvalue weighted by Crippen LogP contribution is 2.32. The molecular formula is C24H18F3N3O. The van der Waals surface area contributed by atoms with Gasteiger partial charge in [0.1, 0.15) is 5.69 Å². The van der Waals surface area contributed by atoms with Gasteiger partial charge in [-0.25, -0.2) is 5.43 Å². The summed E-state index contributed by atoms with van der Waals surface area (Å²) in [7, 11) is 0. The van der Waals surface area contributed by atoms with E-state index in [1.54, 1.807) is 0 Å². The highest BCUT2D eigenvalue weighted by Gasteiger charge is 2.27. The van der Waals surface area contributed by atoms with Crippen molar-refractivity contribution in [3.05, 3.63) is 95.7 Å². The van der Waals surface area contributed by atoms with Crippen molar-refractivity contribution in [3.63, 3.8) is 0 Å². The number of hydrazone groups is 1. The number of para-hydroxylation sites is 1. The largest absolute Gasteiger partial charge is 0.393 e. The molecule has 0 saturated heterocycles. The van der Waals surface area contributed by atoms with Crippen molar-refractivity contribution in [2.24, 2.45) is 5.10 Å². The molecule has 0 atom stereocenters. The number of alkyl halides is 3. The van der Waals surface area contributed by atoms with E-state index in [0.29, 0.717) is 11.3 Å². The Balaban J connectivity index is 1.54. The molecule has 7 heteroatoms. The van der Waals surface area contributed by atoms with E-state index < -0.39 is 18.5 Å². The number of nitrogens with zero attached hydrogens (tertiary/aromatic N) is 1. The standard InChI is InChI=1S/C24H18F3N3O/c25-24(26,27)14-16-10-12-17(13-11-16)15-28-30-23(31)22-21(18-6-2-1-3-7-18)19-8-4-5-9-20(19)29-22/h1-13,15,29H,14H2,(H,30,31)/b28-15+. The average Bonchev–Trinajstić information content (AvgIpc) is 3.14. The molecule has 0 bridgehead atoms. The van der Waals surface area contributed by atoms with Crippen LogP contribution in [-0.4, -0.2) is 23.3 Å². The molecule has 1 aromatic heterocycles. The number of fused-ring (bicyclic) bond motifs is 1. The van der Waals surface area contributed by atoms with Gasteiger partial charge in [-0.2, -0.15) is 18.3 Å². The molecule has 1 amide bonds. The topological polar surface area (TPSA) is 57.2 Å². The summed E-state index contributed by atoms with van der Waals surface area (Å²) in [6.07, 6.45) is -3.84. The first-order chi connectivity index (χ1) is 14.9. The van der Waals surface area contributed by atoms with Gasteiger partial charge in [0.05, 0.1) is 12.6 Å². The predicted molar refractivity (Wildman–Crippen MR) is 115 cm³/mol. The molecule has 4 nitrogen and oxygen atoms in total. The van der Waals surface area contributed by atoms with E-state index in [0.717, 1.165) is 22.0 Å². The van der Waals surface area contributed by atoms with Gasteiger partial charge in [0, 0.05) is 16.5 Å². The molecule has 2 N–H and O–H groups in total. The van der Waals surface area contributed by atoms with Crippen molar-refractivity contribution in [1.82, 2.24) is 10.4 Å². The van der Waals surface area contributed by atoms with E-state index in [1.807, 2.05) is 54.6 Å². The smallest absolute Gasteiger partial charge is 0.350 e. The van der Waals surface area contributed by atoms with E-state index in [-0.39, 0.29) is 5.56 Å². The van der Waals surface area contributed by atoms with E-state index >= 15 is 0 Å². The van der Waals surface area contributed by atoms with Gasteiger partial charge in [-0.1, -0.05) is 72.8 Å². The average molecular weight is 421 g/mol. The van der Waals surface area contributed by atoms with Crippen LogP contribution in [0.25, 0.3) is 22.0 Å². The van der Waals surface area contributed by atoms with Crippen molar-refractivity contribution < 1.29 is 18.0 Å². The Morgan fingerprint density at radius 2 is 1.61 bits per heavy atom. The van der Waals surface area contributed by atoms with Crippen LogP contribution in [0.15, 0.2) is 84.0 Å². The van der Waals surface area contributed by atoms with Gasteiger partial charge < -0.3 is 4.98 Å². The van der Waals surface area contributed by atoms with E-state index in [4.69, 9.17) is 0 Å². The van der Waals surface area contributed by atoms with Crippen LogP contribution in [0, 0.1) is 0 Å². The van der Waals surface area contributed by atoms with Crippen LogP contribution in [-0.2, 0) is 6.42 Å². The van der Waals surface area contributed by atoms with Crippen molar-refractivity contribution in [1.29, 1.82) is 0 Å². The third kappa shape index (κ3) is 4.83. The Morgan fingerprint density at radius 3 is 2.32 bits per heavy atom. The van der Waals surface area contributed by atoms with Crippen LogP contribution >= 0.6 is 0 Å². The zero-order valence-electron chi connectivity index (χ0n) is 16.3. The monoisotopic (exact) mass is 421 g/mol. The number of amides is 1. The summed E-state index contributed by atoms with van der Waals surface area (Å²) in [6, 6.07) is 23.0. The lowest BCUT2D eigenvalue weighted by Gasteiger charge is -2.06. The molecule has 0 aliphatic heterocycles. The second-order valence-corrected chi connectivity index (χ2v) is 7.02. The Bertz CT molecular complexity index is 1230. The van der Waals surface area contributed by atoms with Crippen molar-refractivity contribution in [2.75, 3.05) is 0 Å². The van der Waals surface area contributed by atoms with Gasteiger partial charge in [-0.3, -0.25) is 4.79 Å². The third-order valence-electron chi connectivity index (χ3n) is 4.76. The molecule has 4 rings (SSSR count). The van der Waals surface area contributed by atoms with Crippen LogP contribution in [0.4, 0.5) is 13.2 Å². The minimum Gasteiger partial charge on any atom is -0.350 e. The van der Waals surface area contributed by atoms with Crippen molar-refractivity contribution >= 4 is 23.0 Å². The van der Waals surface area contributed by atoms with Gasteiger partial charge in [0.15, 0.2) is 0 Å². The van der Waals surface area contributed by atoms with Crippen LogP contribution in [0.5, 0.6) is 0 Å². The molecule has 156 valence electrons. The Hall–Kier alpha value is -3.87. The lowest BCUT2D eigenvalue weighted by molar-refractivity contribution is -0.127. The summed E-state index contributed by atoms with van der Waals surface area (Å²) in [5, 5.41) is 4.88. The zero-order chi connectivity index (χ0) is 21.8. The molecule has 31 heavy (non-hydrogen) atoms. The van der Waals surface area contributed by atoms with Crippen LogP contribution in [0.3, 0.4) is 0 Å². The fourth-order valence-electron chi connectivity index (χ4n) is 3.39. The van der Waals surface area contributed by atoms with Gasteiger partial charge in [-0.05, 0) is 22.8 Å². The molecule has 3 aromatic carbocycles. The molecule has 0 unspecified atom stereocenters. The number of carbonyl (C=O) groups excluding carboxylic acids is 1. The lowest BCUT2D eigenvalue weighted by atomic mass is 10.0. The number of aromatic nitrogens is 1. The maximum atomic E-state index is 12.8. The number of hydrogen-bond donors (Lipinski definition) is 2. The second kappa shape index (κ2) is 8.47. The number of nitrogens with one attached hydrogen (secondary N) is 2. The van der Waals surface area contributed by atoms with Crippen molar-refractivity contribution in [2.45, 2.75) is 12.6 Å². The first kappa shape index (κ1) is 20.4. The summed E-state index contributed by atoms with van der Waals surface area (Å²) in [6.45, 7) is 0. The predicted octanol–water partition coefficient (Wildman–Crippen LogP) is 5.70. The Kier molecular flexibility index (Phi) is 5.58. The fraction of sp³-hybridized carbons (Fsp3) is 0.0833. The third-order valence-corrected chi connectivity index (χ3v) is 4.76. The molecule has 0 aliphatic carbocycles. The molecular weight excluding hydrogens is 403 g/mol. The molecule has 4 aromatic rings. The van der Waals surface area contributed by atoms with Gasteiger partial charge >= 0.3 is 6.18 Å². The summed E-state index contributed by atoms with van der Waals surface area (Å²) < 4.78 is 37.4. The summed E-state index contributed by atoms with van der Waals surface area (Å²) >= 11 is 0. The van der Waals surface area contributed by atoms with E-state index in [9.17, 15) is 18.0 Å². The van der Waals surface area contributed by atoms with Gasteiger partial charge in [-0.15, -0.1) is 0 Å². The highest BCUT2D eigenvalue weighted by molar-refractivity contribution is 6.09. The first-order valence-electron chi connectivity index (χ1n) is 9.56. The second-order valence-electron chi connectivity index (χ2n) is 7.02. The maximum absolute atomic E-state index is 12.8. The molecule has 1 heterocycles. The number of benzene rings is 3. The SMILES string of the molecule is O=C(N/N=C/c1ccc(CC(F)(F)F)cc1)c1[nH]c2ccccc2c1-c1ccccc1. The Labute approximate surface area is 176 Å². The van der Waals surface area contributed by atoms with Gasteiger partial charge in [0.2, 0.25) is 0 Å². The molecule has 0 fully saturated rings. The maximum Gasteiger partial charge on any atom is 0.393 e. The summed E-state index contributed by atoms with van der Waals surface area (Å²) in [5.41, 5.74) is 6.12. The van der Waals surface area contributed by atoms with Crippen LogP contribution < -0.4 is 5.43 Å². The fourth-order valence-corrected chi connectivity index (χ4v) is 3.39. The summed E-state index contributed by atoms with van der Waals surface area (Å²) in [4.78, 5) is 16.0. The molecule has 0 aliphatic rings. The summed E-state index contributed by atoms with van der Waals surface area (Å²) in [5.74, 6) is -0.417. The number of halogens is 3. The number of H-pyrrole nitrogens is 1. The normalized spacial score (nSPS) is 11.8. The zero-order valence-corrected chi connectivity index (χ0v) is 16.3. The lowest BCUT2D eigenvalue weighted by Crippen LogP contribution is -2.18.